The summed E-state index contributed by atoms with van der Waals surface area (Å²) in [6.45, 7) is 0.557. The molecule has 1 aliphatic carbocycles. The Morgan fingerprint density at radius 1 is 1.41 bits per heavy atom. The highest BCUT2D eigenvalue weighted by molar-refractivity contribution is 6.30. The fraction of sp³-hybridized carbons (Fsp3) is 0.529. The molecule has 118 valence electrons. The van der Waals surface area contributed by atoms with E-state index in [1.165, 1.54) is 12.8 Å². The van der Waals surface area contributed by atoms with E-state index >= 15 is 0 Å². The molecule has 0 aliphatic heterocycles. The molecule has 1 saturated carbocycles. The second kappa shape index (κ2) is 8.17. The van der Waals surface area contributed by atoms with Crippen LogP contribution in [0.25, 0.3) is 0 Å². The van der Waals surface area contributed by atoms with E-state index in [0.717, 1.165) is 18.4 Å². The molecule has 1 N–H and O–H groups in total. The molecule has 1 aromatic rings. The van der Waals surface area contributed by atoms with Gasteiger partial charge in [0.25, 0.3) is 0 Å². The molecular weight excluding hydrogens is 298 g/mol. The number of nitrogens with one attached hydrogen (secondary N) is 1. The Kier molecular flexibility index (Phi) is 6.23. The molecule has 1 aromatic carbocycles. The second-order valence-electron chi connectivity index (χ2n) is 5.83. The molecule has 4 nitrogen and oxygen atoms in total. The van der Waals surface area contributed by atoms with Gasteiger partial charge in [-0.2, -0.15) is 5.26 Å². The monoisotopic (exact) mass is 319 g/mol. The highest BCUT2D eigenvalue weighted by Crippen LogP contribution is 2.24. The molecule has 1 unspecified atom stereocenters. The van der Waals surface area contributed by atoms with Crippen LogP contribution in [-0.4, -0.2) is 30.4 Å². The van der Waals surface area contributed by atoms with Crippen LogP contribution in [-0.2, 0) is 4.79 Å². The van der Waals surface area contributed by atoms with Gasteiger partial charge in [0.05, 0.1) is 6.07 Å². The lowest BCUT2D eigenvalue weighted by Gasteiger charge is -2.28. The smallest absolute Gasteiger partial charge is 0.242 e. The van der Waals surface area contributed by atoms with E-state index in [9.17, 15) is 4.79 Å². The molecule has 0 spiro atoms. The van der Waals surface area contributed by atoms with Crippen LogP contribution in [0.15, 0.2) is 24.3 Å². The number of nitrogens with zero attached hydrogens (tertiary/aromatic N) is 2. The number of carbonyl (C=O) groups is 1. The number of amides is 1. The third kappa shape index (κ3) is 4.46. The first-order valence-corrected chi connectivity index (χ1v) is 8.12. The maximum Gasteiger partial charge on any atom is 0.242 e. The van der Waals surface area contributed by atoms with Crippen molar-refractivity contribution in [3.8, 4) is 6.07 Å². The number of benzene rings is 1. The normalized spacial score (nSPS) is 16.5. The summed E-state index contributed by atoms with van der Waals surface area (Å²) in [4.78, 5) is 14.6. The number of likely N-dealkylation sites (N-methyl/N-ethyl adjacent to an activating group) is 1. The molecule has 1 atom stereocenters. The average Bonchev–Trinajstić information content (AvgIpc) is 3.00. The van der Waals surface area contributed by atoms with E-state index < -0.39 is 0 Å². The number of nitriles is 1. The van der Waals surface area contributed by atoms with Crippen LogP contribution in [0.2, 0.25) is 5.02 Å². The van der Waals surface area contributed by atoms with Crippen molar-refractivity contribution in [2.45, 2.75) is 44.2 Å². The van der Waals surface area contributed by atoms with Crippen molar-refractivity contribution >= 4 is 17.5 Å². The molecular formula is C17H22ClN3O. The van der Waals surface area contributed by atoms with Crippen molar-refractivity contribution in [3.05, 3.63) is 34.9 Å². The highest BCUT2D eigenvalue weighted by Gasteiger charge is 2.27. The Morgan fingerprint density at radius 2 is 2.05 bits per heavy atom. The fourth-order valence-corrected chi connectivity index (χ4v) is 3.08. The van der Waals surface area contributed by atoms with Crippen molar-refractivity contribution in [2.75, 3.05) is 13.6 Å². The molecule has 5 heteroatoms. The molecule has 0 radical (unpaired) electrons. The van der Waals surface area contributed by atoms with E-state index in [1.807, 2.05) is 24.1 Å². The Hall–Kier alpha value is -1.57. The third-order valence-electron chi connectivity index (χ3n) is 4.15. The van der Waals surface area contributed by atoms with Crippen molar-refractivity contribution < 1.29 is 4.79 Å². The van der Waals surface area contributed by atoms with Crippen LogP contribution in [0, 0.1) is 11.3 Å². The van der Waals surface area contributed by atoms with Gasteiger partial charge in [-0.25, -0.2) is 0 Å². The molecule has 0 saturated heterocycles. The van der Waals surface area contributed by atoms with Crippen LogP contribution >= 0.6 is 11.6 Å². The van der Waals surface area contributed by atoms with Gasteiger partial charge >= 0.3 is 0 Å². The Balaban J connectivity index is 2.14. The van der Waals surface area contributed by atoms with Crippen molar-refractivity contribution in [1.29, 1.82) is 5.26 Å². The first-order chi connectivity index (χ1) is 10.6. The summed E-state index contributed by atoms with van der Waals surface area (Å²) in [6, 6.07) is 9.38. The lowest BCUT2D eigenvalue weighted by molar-refractivity contribution is -0.126. The Bertz CT molecular complexity index is 532. The zero-order valence-corrected chi connectivity index (χ0v) is 13.6. The number of hydrogen-bond donors (Lipinski definition) is 1. The van der Waals surface area contributed by atoms with Gasteiger partial charge in [0.15, 0.2) is 0 Å². The summed E-state index contributed by atoms with van der Waals surface area (Å²) in [5.41, 5.74) is 0.903. The van der Waals surface area contributed by atoms with E-state index in [2.05, 4.69) is 11.4 Å². The summed E-state index contributed by atoms with van der Waals surface area (Å²) >= 11 is 5.94. The molecule has 22 heavy (non-hydrogen) atoms. The molecule has 1 fully saturated rings. The van der Waals surface area contributed by atoms with Gasteiger partial charge in [0.2, 0.25) is 5.91 Å². The van der Waals surface area contributed by atoms with E-state index in [0.29, 0.717) is 18.0 Å². The lowest BCUT2D eigenvalue weighted by atomic mass is 10.0. The fourth-order valence-electron chi connectivity index (χ4n) is 2.96. The highest BCUT2D eigenvalue weighted by atomic mass is 35.5. The number of hydrogen-bond acceptors (Lipinski definition) is 3. The number of carbonyl (C=O) groups excluding carboxylic acids is 1. The topological polar surface area (TPSA) is 56.1 Å². The van der Waals surface area contributed by atoms with E-state index in [-0.39, 0.29) is 18.0 Å². The molecule has 2 rings (SSSR count). The van der Waals surface area contributed by atoms with Crippen molar-refractivity contribution in [3.63, 3.8) is 0 Å². The molecule has 1 aliphatic rings. The molecule has 0 aromatic heterocycles. The van der Waals surface area contributed by atoms with Gasteiger partial charge < -0.3 is 5.32 Å². The van der Waals surface area contributed by atoms with Gasteiger partial charge in [0.1, 0.15) is 6.04 Å². The Morgan fingerprint density at radius 3 is 2.64 bits per heavy atom. The average molecular weight is 320 g/mol. The summed E-state index contributed by atoms with van der Waals surface area (Å²) in [6.07, 6.45) is 4.88. The molecule has 0 bridgehead atoms. The van der Waals surface area contributed by atoms with Crippen molar-refractivity contribution in [1.82, 2.24) is 10.2 Å². The van der Waals surface area contributed by atoms with Gasteiger partial charge in [-0.3, -0.25) is 9.69 Å². The predicted molar refractivity (Wildman–Crippen MR) is 87.5 cm³/mol. The van der Waals surface area contributed by atoms with Crippen molar-refractivity contribution in [2.24, 2.45) is 0 Å². The minimum atomic E-state index is -0.383. The SMILES string of the molecule is CN(CCC#N)C(C(=O)NC1CCCC1)c1ccc(Cl)cc1. The molecule has 1 amide bonds. The van der Waals surface area contributed by atoms with Gasteiger partial charge in [-0.1, -0.05) is 36.6 Å². The summed E-state index contributed by atoms with van der Waals surface area (Å²) < 4.78 is 0. The quantitative estimate of drug-likeness (QED) is 0.875. The second-order valence-corrected chi connectivity index (χ2v) is 6.27. The standard InChI is InChI=1S/C17H22ClN3O/c1-21(12-4-11-19)16(13-7-9-14(18)10-8-13)17(22)20-15-5-2-3-6-15/h7-10,15-16H,2-6,12H2,1H3,(H,20,22). The Labute approximate surface area is 137 Å². The van der Waals surface area contributed by atoms with Gasteiger partial charge in [-0.15, -0.1) is 0 Å². The summed E-state index contributed by atoms with van der Waals surface area (Å²) in [5, 5.41) is 12.6. The number of halogens is 1. The van der Waals surface area contributed by atoms with Crippen LogP contribution in [0.5, 0.6) is 0 Å². The maximum absolute atomic E-state index is 12.7. The lowest BCUT2D eigenvalue weighted by Crippen LogP contribution is -2.42. The zero-order valence-electron chi connectivity index (χ0n) is 12.9. The summed E-state index contributed by atoms with van der Waals surface area (Å²) in [7, 11) is 1.88. The van der Waals surface area contributed by atoms with Gasteiger partial charge in [-0.05, 0) is 37.6 Å². The number of rotatable bonds is 6. The zero-order chi connectivity index (χ0) is 15.9. The molecule has 0 heterocycles. The predicted octanol–water partition coefficient (Wildman–Crippen LogP) is 3.29. The van der Waals surface area contributed by atoms with E-state index in [1.54, 1.807) is 12.1 Å². The minimum absolute atomic E-state index is 0.00895. The largest absolute Gasteiger partial charge is 0.352 e. The first-order valence-electron chi connectivity index (χ1n) is 7.75. The van der Waals surface area contributed by atoms with E-state index in [4.69, 9.17) is 16.9 Å². The van der Waals surface area contributed by atoms with Crippen LogP contribution in [0.3, 0.4) is 0 Å². The minimum Gasteiger partial charge on any atom is -0.352 e. The van der Waals surface area contributed by atoms with Crippen LogP contribution < -0.4 is 5.32 Å². The maximum atomic E-state index is 12.7. The first kappa shape index (κ1) is 16.8. The van der Waals surface area contributed by atoms with Gasteiger partial charge in [0, 0.05) is 24.0 Å². The summed E-state index contributed by atoms with van der Waals surface area (Å²) in [5.74, 6) is 0.00895. The van der Waals surface area contributed by atoms with Crippen LogP contribution in [0.1, 0.15) is 43.7 Å². The van der Waals surface area contributed by atoms with Crippen LogP contribution in [0.4, 0.5) is 0 Å². The third-order valence-corrected chi connectivity index (χ3v) is 4.40.